The number of pyridine rings is 1. The minimum atomic E-state index is -0.291. The molecule has 2 aromatic carbocycles. The zero-order valence-corrected chi connectivity index (χ0v) is 17.4. The molecule has 2 heterocycles. The summed E-state index contributed by atoms with van der Waals surface area (Å²) in [6.07, 6.45) is 0. The molecule has 1 atom stereocenters. The number of nitrogens with one attached hydrogen (secondary N) is 2. The van der Waals surface area contributed by atoms with Crippen LogP contribution in [-0.4, -0.2) is 21.8 Å². The van der Waals surface area contributed by atoms with Crippen molar-refractivity contribution in [3.63, 3.8) is 0 Å². The number of fused-ring (bicyclic) bond motifs is 1. The largest absolute Gasteiger partial charge is 0.350 e. The minimum Gasteiger partial charge on any atom is -0.350 e. The van der Waals surface area contributed by atoms with Crippen LogP contribution in [0.2, 0.25) is 0 Å². The summed E-state index contributed by atoms with van der Waals surface area (Å²) in [4.78, 5) is 32.7. The van der Waals surface area contributed by atoms with Gasteiger partial charge < -0.3 is 5.32 Å². The number of aromatic nitrogens is 2. The molecule has 0 bridgehead atoms. The van der Waals surface area contributed by atoms with Crippen LogP contribution in [0.25, 0.3) is 22.2 Å². The van der Waals surface area contributed by atoms with Gasteiger partial charge in [0.15, 0.2) is 5.13 Å². The van der Waals surface area contributed by atoms with Crippen LogP contribution < -0.4 is 10.6 Å². The van der Waals surface area contributed by atoms with E-state index >= 15 is 0 Å². The predicted octanol–water partition coefficient (Wildman–Crippen LogP) is 4.81. The fourth-order valence-electron chi connectivity index (χ4n) is 3.15. The van der Waals surface area contributed by atoms with Crippen LogP contribution >= 0.6 is 11.3 Å². The van der Waals surface area contributed by atoms with Crippen molar-refractivity contribution in [2.24, 2.45) is 0 Å². The SMILES string of the molecule is CC(=O)NC(C)c1ccc(-c2csc(NC(=O)c3ccc4ccccc4n3)n2)cc1. The Bertz CT molecular complexity index is 1220. The van der Waals surface area contributed by atoms with Crippen molar-refractivity contribution in [1.82, 2.24) is 15.3 Å². The van der Waals surface area contributed by atoms with Gasteiger partial charge in [-0.2, -0.15) is 0 Å². The Morgan fingerprint density at radius 2 is 1.73 bits per heavy atom. The van der Waals surface area contributed by atoms with Crippen LogP contribution in [0, 0.1) is 0 Å². The average Bonchev–Trinajstić information content (AvgIpc) is 3.21. The molecule has 6 nitrogen and oxygen atoms in total. The molecule has 2 aromatic heterocycles. The second-order valence-corrected chi connectivity index (χ2v) is 7.78. The van der Waals surface area contributed by atoms with Crippen molar-refractivity contribution >= 4 is 39.2 Å². The maximum atomic E-state index is 12.6. The van der Waals surface area contributed by atoms with Crippen LogP contribution in [0.1, 0.15) is 35.9 Å². The highest BCUT2D eigenvalue weighted by Gasteiger charge is 2.12. The maximum Gasteiger partial charge on any atom is 0.276 e. The van der Waals surface area contributed by atoms with Crippen LogP contribution in [0.4, 0.5) is 5.13 Å². The van der Waals surface area contributed by atoms with Gasteiger partial charge in [0.1, 0.15) is 5.69 Å². The van der Waals surface area contributed by atoms with Crippen LogP contribution in [-0.2, 0) is 4.79 Å². The zero-order chi connectivity index (χ0) is 21.1. The summed E-state index contributed by atoms with van der Waals surface area (Å²) in [5.74, 6) is -0.353. The van der Waals surface area contributed by atoms with E-state index in [2.05, 4.69) is 20.6 Å². The molecule has 0 aliphatic heterocycles. The fraction of sp³-hybridized carbons (Fsp3) is 0.130. The highest BCUT2D eigenvalue weighted by Crippen LogP contribution is 2.26. The van der Waals surface area contributed by atoms with Gasteiger partial charge in [-0.3, -0.25) is 14.9 Å². The van der Waals surface area contributed by atoms with Gasteiger partial charge in [0, 0.05) is 23.3 Å². The number of hydrogen-bond donors (Lipinski definition) is 2. The number of anilines is 1. The summed E-state index contributed by atoms with van der Waals surface area (Å²) in [7, 11) is 0. The Labute approximate surface area is 178 Å². The van der Waals surface area contributed by atoms with E-state index in [1.807, 2.05) is 66.9 Å². The van der Waals surface area contributed by atoms with Crippen LogP contribution in [0.5, 0.6) is 0 Å². The maximum absolute atomic E-state index is 12.6. The number of hydrogen-bond acceptors (Lipinski definition) is 5. The Hall–Kier alpha value is -3.58. The third-order valence-electron chi connectivity index (χ3n) is 4.68. The van der Waals surface area contributed by atoms with Gasteiger partial charge >= 0.3 is 0 Å². The van der Waals surface area contributed by atoms with Gasteiger partial charge in [-0.05, 0) is 24.6 Å². The van der Waals surface area contributed by atoms with Crippen molar-refractivity contribution in [2.75, 3.05) is 5.32 Å². The van der Waals surface area contributed by atoms with Crippen LogP contribution in [0.15, 0.2) is 66.0 Å². The molecule has 0 aliphatic rings. The molecule has 0 spiro atoms. The lowest BCUT2D eigenvalue weighted by molar-refractivity contribution is -0.119. The van der Waals surface area contributed by atoms with Gasteiger partial charge in [0.2, 0.25) is 5.91 Å². The minimum absolute atomic E-state index is 0.0590. The van der Waals surface area contributed by atoms with Crippen molar-refractivity contribution in [3.05, 3.63) is 77.3 Å². The Morgan fingerprint density at radius 1 is 0.967 bits per heavy atom. The summed E-state index contributed by atoms with van der Waals surface area (Å²) < 4.78 is 0. The number of benzene rings is 2. The number of nitrogens with zero attached hydrogens (tertiary/aromatic N) is 2. The number of rotatable bonds is 5. The topological polar surface area (TPSA) is 84.0 Å². The lowest BCUT2D eigenvalue weighted by atomic mass is 10.1. The molecule has 0 aliphatic carbocycles. The smallest absolute Gasteiger partial charge is 0.276 e. The van der Waals surface area contributed by atoms with Crippen molar-refractivity contribution in [2.45, 2.75) is 19.9 Å². The normalized spacial score (nSPS) is 11.8. The monoisotopic (exact) mass is 416 g/mol. The van der Waals surface area contributed by atoms with Gasteiger partial charge in [-0.25, -0.2) is 9.97 Å². The number of carbonyl (C=O) groups excluding carboxylic acids is 2. The molecule has 2 N–H and O–H groups in total. The summed E-state index contributed by atoms with van der Waals surface area (Å²) in [5.41, 5.74) is 3.86. The fourth-order valence-corrected chi connectivity index (χ4v) is 3.86. The Morgan fingerprint density at radius 3 is 2.50 bits per heavy atom. The molecule has 0 saturated carbocycles. The molecule has 0 saturated heterocycles. The molecule has 2 amide bonds. The summed E-state index contributed by atoms with van der Waals surface area (Å²) in [6.45, 7) is 3.44. The zero-order valence-electron chi connectivity index (χ0n) is 16.5. The second-order valence-electron chi connectivity index (χ2n) is 6.93. The van der Waals surface area contributed by atoms with E-state index in [1.165, 1.54) is 18.3 Å². The second kappa shape index (κ2) is 8.42. The highest BCUT2D eigenvalue weighted by molar-refractivity contribution is 7.14. The molecule has 1 unspecified atom stereocenters. The van der Waals surface area contributed by atoms with E-state index < -0.39 is 0 Å². The molecule has 0 radical (unpaired) electrons. The lowest BCUT2D eigenvalue weighted by Crippen LogP contribution is -2.23. The van der Waals surface area contributed by atoms with E-state index in [0.29, 0.717) is 10.8 Å². The molecule has 4 aromatic rings. The molecule has 150 valence electrons. The molecule has 7 heteroatoms. The van der Waals surface area contributed by atoms with Crippen molar-refractivity contribution in [3.8, 4) is 11.3 Å². The summed E-state index contributed by atoms with van der Waals surface area (Å²) >= 11 is 1.36. The van der Waals surface area contributed by atoms with Gasteiger partial charge in [-0.1, -0.05) is 48.5 Å². The first-order chi connectivity index (χ1) is 14.5. The van der Waals surface area contributed by atoms with E-state index in [-0.39, 0.29) is 17.9 Å². The number of carbonyl (C=O) groups is 2. The Balaban J connectivity index is 1.47. The van der Waals surface area contributed by atoms with Crippen LogP contribution in [0.3, 0.4) is 0 Å². The first kappa shape index (κ1) is 19.7. The van der Waals surface area contributed by atoms with Gasteiger partial charge in [0.25, 0.3) is 5.91 Å². The van der Waals surface area contributed by atoms with Gasteiger partial charge in [0.05, 0.1) is 17.3 Å². The van der Waals surface area contributed by atoms with E-state index in [9.17, 15) is 9.59 Å². The molecular weight excluding hydrogens is 396 g/mol. The molecule has 30 heavy (non-hydrogen) atoms. The molecule has 0 fully saturated rings. The first-order valence-corrected chi connectivity index (χ1v) is 10.4. The molecule has 4 rings (SSSR count). The lowest BCUT2D eigenvalue weighted by Gasteiger charge is -2.13. The third kappa shape index (κ3) is 4.36. The average molecular weight is 417 g/mol. The third-order valence-corrected chi connectivity index (χ3v) is 5.44. The van der Waals surface area contributed by atoms with Crippen molar-refractivity contribution in [1.29, 1.82) is 0 Å². The first-order valence-electron chi connectivity index (χ1n) is 9.50. The highest BCUT2D eigenvalue weighted by atomic mass is 32.1. The predicted molar refractivity (Wildman–Crippen MR) is 119 cm³/mol. The van der Waals surface area contributed by atoms with E-state index in [1.54, 1.807) is 6.07 Å². The molecular formula is C23H20N4O2S. The number of thiazole rings is 1. The van der Waals surface area contributed by atoms with Gasteiger partial charge in [-0.15, -0.1) is 11.3 Å². The number of amides is 2. The summed E-state index contributed by atoms with van der Waals surface area (Å²) in [6, 6.07) is 19.0. The van der Waals surface area contributed by atoms with E-state index in [4.69, 9.17) is 0 Å². The number of para-hydroxylation sites is 1. The van der Waals surface area contributed by atoms with Crippen molar-refractivity contribution < 1.29 is 9.59 Å². The quantitative estimate of drug-likeness (QED) is 0.489. The Kier molecular flexibility index (Phi) is 5.54. The standard InChI is InChI=1S/C23H20N4O2S/c1-14(24-15(2)28)16-7-9-18(10-8-16)21-13-30-23(26-21)27-22(29)20-12-11-17-5-3-4-6-19(17)25-20/h3-14H,1-2H3,(H,24,28)(H,26,27,29). The van der Waals surface area contributed by atoms with E-state index in [0.717, 1.165) is 27.7 Å². The summed E-state index contributed by atoms with van der Waals surface area (Å²) in [5, 5.41) is 9.09.